The Morgan fingerprint density at radius 1 is 1.05 bits per heavy atom. The van der Waals surface area contributed by atoms with Crippen molar-refractivity contribution < 1.29 is 4.74 Å². The molecule has 0 unspecified atom stereocenters. The van der Waals surface area contributed by atoms with E-state index in [2.05, 4.69) is 15.5 Å². The van der Waals surface area contributed by atoms with Crippen LogP contribution in [0, 0.1) is 0 Å². The molecular weight excluding hydrogens is 355 g/mol. The first kappa shape index (κ1) is 15.3. The molecule has 1 aliphatic heterocycles. The summed E-state index contributed by atoms with van der Waals surface area (Å²) in [6, 6.07) is 1.36. The number of morpholine rings is 1. The second kappa shape index (κ2) is 7.64. The number of ether oxygens (including phenoxy) is 1. The van der Waals surface area contributed by atoms with Gasteiger partial charge in [0.05, 0.1) is 19.8 Å². The molecule has 6 heteroatoms. The van der Waals surface area contributed by atoms with Gasteiger partial charge in [0.1, 0.15) is 0 Å². The first-order chi connectivity index (χ1) is 8.90. The molecule has 19 heavy (non-hydrogen) atoms. The SMILES string of the molecule is C(CN1CCOCC1)N=C(NC1CC1)NC1CC1.I. The standard InChI is InChI=1S/C13H24N4O.HI/c1-2-11(1)15-13(16-12-3-4-12)14-5-6-17-7-9-18-10-8-17;/h11-12H,1-10H2,(H2,14,15,16);1H. The number of rotatable bonds is 5. The maximum absolute atomic E-state index is 5.35. The summed E-state index contributed by atoms with van der Waals surface area (Å²) < 4.78 is 5.35. The molecule has 2 saturated carbocycles. The molecule has 0 amide bonds. The van der Waals surface area contributed by atoms with Crippen LogP contribution in [0.15, 0.2) is 4.99 Å². The minimum Gasteiger partial charge on any atom is -0.379 e. The van der Waals surface area contributed by atoms with Crippen molar-refractivity contribution in [3.8, 4) is 0 Å². The number of halogens is 1. The molecule has 2 aliphatic carbocycles. The van der Waals surface area contributed by atoms with E-state index < -0.39 is 0 Å². The Morgan fingerprint density at radius 3 is 2.16 bits per heavy atom. The van der Waals surface area contributed by atoms with Crippen LogP contribution in [0.2, 0.25) is 0 Å². The molecule has 3 fully saturated rings. The number of guanidine groups is 1. The highest BCUT2D eigenvalue weighted by molar-refractivity contribution is 14.0. The fourth-order valence-corrected chi connectivity index (χ4v) is 2.10. The number of nitrogens with zero attached hydrogens (tertiary/aromatic N) is 2. The van der Waals surface area contributed by atoms with Gasteiger partial charge >= 0.3 is 0 Å². The van der Waals surface area contributed by atoms with E-state index in [1.165, 1.54) is 25.7 Å². The molecule has 3 aliphatic rings. The third-order valence-corrected chi connectivity index (χ3v) is 3.63. The number of hydrogen-bond donors (Lipinski definition) is 2. The molecule has 0 atom stereocenters. The van der Waals surface area contributed by atoms with Crippen molar-refractivity contribution in [2.24, 2.45) is 4.99 Å². The van der Waals surface area contributed by atoms with Crippen molar-refractivity contribution in [1.82, 2.24) is 15.5 Å². The molecule has 110 valence electrons. The summed E-state index contributed by atoms with van der Waals surface area (Å²) in [4.78, 5) is 7.12. The Kier molecular flexibility index (Phi) is 6.15. The third-order valence-electron chi connectivity index (χ3n) is 3.63. The summed E-state index contributed by atoms with van der Waals surface area (Å²) in [5.41, 5.74) is 0. The predicted octanol–water partition coefficient (Wildman–Crippen LogP) is 0.797. The van der Waals surface area contributed by atoms with E-state index in [-0.39, 0.29) is 24.0 Å². The van der Waals surface area contributed by atoms with E-state index in [1.807, 2.05) is 0 Å². The van der Waals surface area contributed by atoms with E-state index in [0.717, 1.165) is 45.4 Å². The van der Waals surface area contributed by atoms with Crippen LogP contribution in [0.3, 0.4) is 0 Å². The highest BCUT2D eigenvalue weighted by Crippen LogP contribution is 2.21. The maximum atomic E-state index is 5.35. The summed E-state index contributed by atoms with van der Waals surface area (Å²) in [6.45, 7) is 5.78. The van der Waals surface area contributed by atoms with Crippen LogP contribution in [0.25, 0.3) is 0 Å². The van der Waals surface area contributed by atoms with Crippen LogP contribution >= 0.6 is 24.0 Å². The van der Waals surface area contributed by atoms with Gasteiger partial charge in [0, 0.05) is 31.7 Å². The molecule has 1 saturated heterocycles. The van der Waals surface area contributed by atoms with Crippen LogP contribution in [0.4, 0.5) is 0 Å². The van der Waals surface area contributed by atoms with Crippen LogP contribution in [0.5, 0.6) is 0 Å². The van der Waals surface area contributed by atoms with Gasteiger partial charge in [0.25, 0.3) is 0 Å². The molecule has 0 spiro atoms. The Hall–Kier alpha value is -0.0800. The summed E-state index contributed by atoms with van der Waals surface area (Å²) >= 11 is 0. The summed E-state index contributed by atoms with van der Waals surface area (Å²) in [6.07, 6.45) is 5.20. The molecule has 1 heterocycles. The minimum absolute atomic E-state index is 0. The Morgan fingerprint density at radius 2 is 1.63 bits per heavy atom. The Labute approximate surface area is 132 Å². The summed E-state index contributed by atoms with van der Waals surface area (Å²) in [7, 11) is 0. The van der Waals surface area contributed by atoms with E-state index in [4.69, 9.17) is 9.73 Å². The van der Waals surface area contributed by atoms with Gasteiger partial charge in [-0.1, -0.05) is 0 Å². The zero-order valence-electron chi connectivity index (χ0n) is 11.4. The van der Waals surface area contributed by atoms with E-state index >= 15 is 0 Å². The Bertz CT molecular complexity index is 283. The smallest absolute Gasteiger partial charge is 0.191 e. The normalized spacial score (nSPS) is 23.4. The molecule has 5 nitrogen and oxygen atoms in total. The third kappa shape index (κ3) is 5.83. The molecular formula is C13H25IN4O. The van der Waals surface area contributed by atoms with Gasteiger partial charge in [-0.05, 0) is 25.7 Å². The summed E-state index contributed by atoms with van der Waals surface area (Å²) in [5, 5.41) is 6.99. The second-order valence-corrected chi connectivity index (χ2v) is 5.52. The van der Waals surface area contributed by atoms with Gasteiger partial charge in [0.2, 0.25) is 0 Å². The maximum Gasteiger partial charge on any atom is 0.191 e. The van der Waals surface area contributed by atoms with Crippen LogP contribution < -0.4 is 10.6 Å². The lowest BCUT2D eigenvalue weighted by Gasteiger charge is -2.25. The lowest BCUT2D eigenvalue weighted by molar-refractivity contribution is 0.0394. The fourth-order valence-electron chi connectivity index (χ4n) is 2.10. The molecule has 3 rings (SSSR count). The average Bonchev–Trinajstić information content (AvgIpc) is 3.26. The highest BCUT2D eigenvalue weighted by atomic mass is 127. The number of nitrogens with one attached hydrogen (secondary N) is 2. The number of aliphatic imine (C=N–C) groups is 1. The average molecular weight is 380 g/mol. The van der Waals surface area contributed by atoms with Gasteiger partial charge in [-0.15, -0.1) is 24.0 Å². The molecule has 0 bridgehead atoms. The largest absolute Gasteiger partial charge is 0.379 e. The lowest BCUT2D eigenvalue weighted by Crippen LogP contribution is -2.41. The predicted molar refractivity (Wildman–Crippen MR) is 87.3 cm³/mol. The lowest BCUT2D eigenvalue weighted by atomic mass is 10.4. The van der Waals surface area contributed by atoms with Crippen LogP contribution in [0.1, 0.15) is 25.7 Å². The quantitative estimate of drug-likeness (QED) is 0.421. The van der Waals surface area contributed by atoms with Gasteiger partial charge < -0.3 is 15.4 Å². The molecule has 0 radical (unpaired) electrons. The zero-order valence-corrected chi connectivity index (χ0v) is 13.8. The topological polar surface area (TPSA) is 48.9 Å². The van der Waals surface area contributed by atoms with E-state index in [1.54, 1.807) is 0 Å². The fraction of sp³-hybridized carbons (Fsp3) is 0.923. The van der Waals surface area contributed by atoms with Crippen molar-refractivity contribution in [3.05, 3.63) is 0 Å². The second-order valence-electron chi connectivity index (χ2n) is 5.52. The zero-order chi connectivity index (χ0) is 12.2. The minimum atomic E-state index is 0. The van der Waals surface area contributed by atoms with Crippen molar-refractivity contribution in [2.75, 3.05) is 39.4 Å². The van der Waals surface area contributed by atoms with Gasteiger partial charge in [-0.3, -0.25) is 9.89 Å². The molecule has 0 aromatic heterocycles. The molecule has 2 N–H and O–H groups in total. The Balaban J connectivity index is 0.00000133. The van der Waals surface area contributed by atoms with Crippen molar-refractivity contribution >= 4 is 29.9 Å². The van der Waals surface area contributed by atoms with Crippen molar-refractivity contribution in [1.29, 1.82) is 0 Å². The van der Waals surface area contributed by atoms with Crippen LogP contribution in [-0.4, -0.2) is 62.3 Å². The van der Waals surface area contributed by atoms with Crippen LogP contribution in [-0.2, 0) is 4.74 Å². The first-order valence-corrected chi connectivity index (χ1v) is 7.28. The van der Waals surface area contributed by atoms with Crippen molar-refractivity contribution in [3.63, 3.8) is 0 Å². The van der Waals surface area contributed by atoms with E-state index in [0.29, 0.717) is 12.1 Å². The number of hydrogen-bond acceptors (Lipinski definition) is 3. The van der Waals surface area contributed by atoms with Gasteiger partial charge in [-0.25, -0.2) is 0 Å². The van der Waals surface area contributed by atoms with E-state index in [9.17, 15) is 0 Å². The molecule has 0 aromatic rings. The van der Waals surface area contributed by atoms with Gasteiger partial charge in [-0.2, -0.15) is 0 Å². The first-order valence-electron chi connectivity index (χ1n) is 7.28. The van der Waals surface area contributed by atoms with Crippen molar-refractivity contribution in [2.45, 2.75) is 37.8 Å². The van der Waals surface area contributed by atoms with Gasteiger partial charge in [0.15, 0.2) is 5.96 Å². The highest BCUT2D eigenvalue weighted by Gasteiger charge is 2.26. The monoisotopic (exact) mass is 380 g/mol. The summed E-state index contributed by atoms with van der Waals surface area (Å²) in [5.74, 6) is 1.04. The molecule has 0 aromatic carbocycles.